The van der Waals surface area contributed by atoms with Crippen LogP contribution in [0.4, 0.5) is 0 Å². The van der Waals surface area contributed by atoms with E-state index in [4.69, 9.17) is 0 Å². The average molecular weight is 396 g/mol. The van der Waals surface area contributed by atoms with Crippen LogP contribution in [0.5, 0.6) is 0 Å². The van der Waals surface area contributed by atoms with Gasteiger partial charge in [0.2, 0.25) is 10.0 Å². The summed E-state index contributed by atoms with van der Waals surface area (Å²) >= 11 is 1.47. The average Bonchev–Trinajstić information content (AvgIpc) is 3.18. The molecule has 8 heteroatoms. The zero-order valence-electron chi connectivity index (χ0n) is 15.4. The molecule has 1 aliphatic heterocycles. The first-order valence-corrected chi connectivity index (χ1v) is 11.6. The highest BCUT2D eigenvalue weighted by atomic mass is 32.2. The highest BCUT2D eigenvalue weighted by molar-refractivity contribution is 7.88. The van der Waals surface area contributed by atoms with Crippen molar-refractivity contribution >= 4 is 37.5 Å². The Balaban J connectivity index is 1.94. The van der Waals surface area contributed by atoms with Crippen LogP contribution in [-0.2, 0) is 28.3 Å². The van der Waals surface area contributed by atoms with Gasteiger partial charge in [-0.15, -0.1) is 0 Å². The highest BCUT2D eigenvalue weighted by Crippen LogP contribution is 2.22. The minimum absolute atomic E-state index is 0.374. The van der Waals surface area contributed by atoms with Crippen molar-refractivity contribution in [1.29, 1.82) is 0 Å². The molecule has 1 fully saturated rings. The number of sulfonamides is 1. The third kappa shape index (κ3) is 3.92. The Kier molecular flexibility index (Phi) is 5.64. The largest absolute Gasteiger partial charge is 0.319 e. The van der Waals surface area contributed by atoms with Crippen LogP contribution in [0.3, 0.4) is 0 Å². The fourth-order valence-electron chi connectivity index (χ4n) is 3.37. The van der Waals surface area contributed by atoms with Crippen molar-refractivity contribution in [3.63, 3.8) is 0 Å². The van der Waals surface area contributed by atoms with Crippen LogP contribution < -0.4 is 4.80 Å². The third-order valence-corrected chi connectivity index (χ3v) is 7.20. The molecule has 142 valence electrons. The molecule has 1 aromatic heterocycles. The van der Waals surface area contributed by atoms with Crippen molar-refractivity contribution in [3.8, 4) is 0 Å². The molecule has 1 saturated heterocycles. The zero-order valence-corrected chi connectivity index (χ0v) is 17.1. The van der Waals surface area contributed by atoms with E-state index in [1.54, 1.807) is 0 Å². The van der Waals surface area contributed by atoms with E-state index < -0.39 is 16.1 Å². The maximum absolute atomic E-state index is 12.6. The lowest BCUT2D eigenvalue weighted by Crippen LogP contribution is -2.39. The molecule has 3 rings (SSSR count). The second kappa shape index (κ2) is 7.62. The van der Waals surface area contributed by atoms with E-state index in [9.17, 15) is 13.2 Å². The summed E-state index contributed by atoms with van der Waals surface area (Å²) in [7, 11) is -1.50. The van der Waals surface area contributed by atoms with Gasteiger partial charge in [-0.25, -0.2) is 8.42 Å². The minimum Gasteiger partial charge on any atom is -0.319 e. The van der Waals surface area contributed by atoms with Gasteiger partial charge in [-0.05, 0) is 43.4 Å². The highest BCUT2D eigenvalue weighted by Gasteiger charge is 2.36. The Morgan fingerprint density at radius 2 is 2.15 bits per heavy atom. The molecule has 1 aromatic carbocycles. The van der Waals surface area contributed by atoms with Gasteiger partial charge in [-0.1, -0.05) is 30.7 Å². The monoisotopic (exact) mass is 395 g/mol. The molecule has 1 atom stereocenters. The molecule has 1 amide bonds. The number of aromatic nitrogens is 1. The second-order valence-electron chi connectivity index (χ2n) is 6.83. The molecule has 0 radical (unpaired) electrons. The van der Waals surface area contributed by atoms with E-state index in [1.165, 1.54) is 21.2 Å². The van der Waals surface area contributed by atoms with Crippen molar-refractivity contribution in [3.05, 3.63) is 28.6 Å². The fraction of sp³-hybridized carbons (Fsp3) is 0.556. The standard InChI is InChI=1S/C18H25N3O3S2/c1-4-5-7-13-9-10-14-16(12-13)25-18(20(14)2)19-17(22)15-8-6-11-21(15)26(3,23)24/h9-10,12,15H,4-8,11H2,1-3H3. The molecule has 2 heterocycles. The van der Waals surface area contributed by atoms with E-state index in [2.05, 4.69) is 30.1 Å². The van der Waals surface area contributed by atoms with Gasteiger partial charge in [0.25, 0.3) is 5.91 Å². The summed E-state index contributed by atoms with van der Waals surface area (Å²) in [6, 6.07) is 5.69. The summed E-state index contributed by atoms with van der Waals surface area (Å²) in [4.78, 5) is 17.5. The first kappa shape index (κ1) is 19.3. The summed E-state index contributed by atoms with van der Waals surface area (Å²) < 4.78 is 28.0. The zero-order chi connectivity index (χ0) is 18.9. The summed E-state index contributed by atoms with van der Waals surface area (Å²) in [5.41, 5.74) is 2.33. The predicted molar refractivity (Wildman–Crippen MR) is 105 cm³/mol. The van der Waals surface area contributed by atoms with E-state index >= 15 is 0 Å². The van der Waals surface area contributed by atoms with Gasteiger partial charge in [0.05, 0.1) is 16.5 Å². The number of amides is 1. The molecule has 0 N–H and O–H groups in total. The third-order valence-electron chi connectivity index (χ3n) is 4.81. The summed E-state index contributed by atoms with van der Waals surface area (Å²) in [5.74, 6) is -0.374. The van der Waals surface area contributed by atoms with Gasteiger partial charge in [0.1, 0.15) is 6.04 Å². The van der Waals surface area contributed by atoms with Crippen molar-refractivity contribution < 1.29 is 13.2 Å². The van der Waals surface area contributed by atoms with Crippen molar-refractivity contribution in [2.24, 2.45) is 12.0 Å². The first-order chi connectivity index (χ1) is 12.3. The van der Waals surface area contributed by atoms with Crippen LogP contribution in [0, 0.1) is 0 Å². The normalized spacial score (nSPS) is 19.5. The summed E-state index contributed by atoms with van der Waals surface area (Å²) in [5, 5.41) is 0. The number of fused-ring (bicyclic) bond motifs is 1. The van der Waals surface area contributed by atoms with E-state index in [1.807, 2.05) is 11.6 Å². The number of benzene rings is 1. The molecule has 0 spiro atoms. The quantitative estimate of drug-likeness (QED) is 0.781. The number of hydrogen-bond donors (Lipinski definition) is 0. The molecule has 0 saturated carbocycles. The fourth-order valence-corrected chi connectivity index (χ4v) is 5.58. The number of thiazole rings is 1. The predicted octanol–water partition coefficient (Wildman–Crippen LogP) is 2.43. The molecule has 6 nitrogen and oxygen atoms in total. The number of rotatable bonds is 5. The Labute approximate surface area is 158 Å². The summed E-state index contributed by atoms with van der Waals surface area (Å²) in [6.45, 7) is 2.57. The lowest BCUT2D eigenvalue weighted by molar-refractivity contribution is -0.121. The second-order valence-corrected chi connectivity index (χ2v) is 9.78. The minimum atomic E-state index is -3.39. The van der Waals surface area contributed by atoms with Crippen molar-refractivity contribution in [2.75, 3.05) is 12.8 Å². The van der Waals surface area contributed by atoms with Gasteiger partial charge in [0.15, 0.2) is 4.80 Å². The van der Waals surface area contributed by atoms with E-state index in [0.29, 0.717) is 24.2 Å². The lowest BCUT2D eigenvalue weighted by Gasteiger charge is -2.18. The van der Waals surface area contributed by atoms with Crippen LogP contribution in [0.15, 0.2) is 23.2 Å². The molecule has 1 unspecified atom stereocenters. The summed E-state index contributed by atoms with van der Waals surface area (Å²) in [6.07, 6.45) is 5.73. The Hall–Kier alpha value is -1.51. The van der Waals surface area contributed by atoms with Crippen LogP contribution in [0.1, 0.15) is 38.2 Å². The van der Waals surface area contributed by atoms with Crippen molar-refractivity contribution in [1.82, 2.24) is 8.87 Å². The molecular weight excluding hydrogens is 370 g/mol. The van der Waals surface area contributed by atoms with E-state index in [-0.39, 0.29) is 5.91 Å². The van der Waals surface area contributed by atoms with E-state index in [0.717, 1.165) is 35.7 Å². The molecule has 0 bridgehead atoms. The van der Waals surface area contributed by atoms with Crippen molar-refractivity contribution in [2.45, 2.75) is 45.1 Å². The number of unbranched alkanes of at least 4 members (excludes halogenated alkanes) is 1. The Bertz CT molecular complexity index is 989. The molecule has 1 aliphatic rings. The molecule has 0 aliphatic carbocycles. The van der Waals surface area contributed by atoms with Crippen LogP contribution in [0.2, 0.25) is 0 Å². The van der Waals surface area contributed by atoms with Gasteiger partial charge in [0, 0.05) is 13.6 Å². The SMILES string of the molecule is CCCCc1ccc2c(c1)sc(=NC(=O)C1CCCN1S(C)(=O)=O)n2C. The smallest absolute Gasteiger partial charge is 0.266 e. The first-order valence-electron chi connectivity index (χ1n) is 8.95. The van der Waals surface area contributed by atoms with Gasteiger partial charge in [-0.3, -0.25) is 4.79 Å². The molecule has 2 aromatic rings. The topological polar surface area (TPSA) is 71.7 Å². The maximum atomic E-state index is 12.6. The van der Waals surface area contributed by atoms with Crippen LogP contribution in [0.25, 0.3) is 10.2 Å². The number of nitrogens with zero attached hydrogens (tertiary/aromatic N) is 3. The molecular formula is C18H25N3O3S2. The maximum Gasteiger partial charge on any atom is 0.266 e. The number of carbonyl (C=O) groups excluding carboxylic acids is 1. The number of hydrogen-bond acceptors (Lipinski definition) is 4. The van der Waals surface area contributed by atoms with Gasteiger partial charge >= 0.3 is 0 Å². The van der Waals surface area contributed by atoms with Crippen LogP contribution in [-0.4, -0.2) is 42.0 Å². The van der Waals surface area contributed by atoms with Crippen LogP contribution >= 0.6 is 11.3 Å². The molecule has 26 heavy (non-hydrogen) atoms. The lowest BCUT2D eigenvalue weighted by atomic mass is 10.1. The van der Waals surface area contributed by atoms with Gasteiger partial charge in [-0.2, -0.15) is 9.30 Å². The van der Waals surface area contributed by atoms with Gasteiger partial charge < -0.3 is 4.57 Å². The Morgan fingerprint density at radius 3 is 2.85 bits per heavy atom. The Morgan fingerprint density at radius 1 is 1.38 bits per heavy atom. The number of carbonyl (C=O) groups is 1. The number of aryl methyl sites for hydroxylation is 2.